The maximum atomic E-state index is 12.6. The summed E-state index contributed by atoms with van der Waals surface area (Å²) in [6.07, 6.45) is 1.25. The van der Waals surface area contributed by atoms with Gasteiger partial charge in [-0.3, -0.25) is 19.4 Å². The summed E-state index contributed by atoms with van der Waals surface area (Å²) in [4.78, 5) is 41.3. The number of carbonyl (C=O) groups excluding carboxylic acids is 2. The molecule has 8 rings (SSSR count). The highest BCUT2D eigenvalue weighted by Gasteiger charge is 2.71. The molecule has 6 aliphatic rings. The van der Waals surface area contributed by atoms with Crippen LogP contribution in [0.25, 0.3) is 0 Å². The molecule has 13 heteroatoms. The first-order valence-electron chi connectivity index (χ1n) is 15.3. The van der Waals surface area contributed by atoms with Gasteiger partial charge in [0.2, 0.25) is 12.6 Å². The minimum atomic E-state index is -1.51. The molecular weight excluding hydrogens is 614 g/mol. The number of phenolic OH excluding ortho intramolecular Hbond substituents is 1. The number of piperazine rings is 1. The molecule has 2 aromatic rings. The van der Waals surface area contributed by atoms with Gasteiger partial charge in [0.25, 0.3) is 0 Å². The van der Waals surface area contributed by atoms with Crippen LogP contribution in [0.4, 0.5) is 0 Å². The monoisotopic (exact) mass is 647 g/mol. The highest BCUT2D eigenvalue weighted by Crippen LogP contribution is 2.71. The number of rotatable bonds is 6. The topological polar surface area (TPSA) is 159 Å². The largest absolute Gasteiger partial charge is 0.504 e. The predicted octanol–water partition coefficient (Wildman–Crippen LogP) is 3.59. The second-order valence-electron chi connectivity index (χ2n) is 13.2. The molecule has 0 amide bonds. The lowest BCUT2D eigenvalue weighted by Gasteiger charge is -2.66. The van der Waals surface area contributed by atoms with Gasteiger partial charge in [-0.1, -0.05) is 0 Å². The van der Waals surface area contributed by atoms with Crippen molar-refractivity contribution in [2.24, 2.45) is 0 Å². The number of carbonyl (C=O) groups is 3. The number of thioether (sulfide) groups is 1. The lowest BCUT2D eigenvalue weighted by molar-refractivity contribution is -0.183. The molecule has 0 saturated carbocycles. The number of Topliss-reactive ketones (excluding diaryl/α,β-unsaturated/α-hetero) is 1. The van der Waals surface area contributed by atoms with Crippen LogP contribution in [0.1, 0.15) is 78.1 Å². The zero-order valence-corrected chi connectivity index (χ0v) is 26.8. The molecule has 1 aliphatic carbocycles. The third kappa shape index (κ3) is 3.49. The molecule has 2 bridgehead atoms. The van der Waals surface area contributed by atoms with E-state index in [4.69, 9.17) is 18.9 Å². The summed E-state index contributed by atoms with van der Waals surface area (Å²) in [7, 11) is 1.52. The number of carboxylic acids is 1. The maximum Gasteiger partial charge on any atom is 0.373 e. The van der Waals surface area contributed by atoms with Crippen molar-refractivity contribution in [3.8, 4) is 34.8 Å². The molecule has 0 aromatic heterocycles. The summed E-state index contributed by atoms with van der Waals surface area (Å²) in [5, 5.41) is 31.8. The Hall–Kier alpha value is -3.99. The number of benzene rings is 2. The molecule has 3 fully saturated rings. The highest BCUT2D eigenvalue weighted by molar-refractivity contribution is 8.00. The Labute approximate surface area is 269 Å². The summed E-state index contributed by atoms with van der Waals surface area (Å²) in [6, 6.07) is 2.82. The number of nitrogens with zero attached hydrogens (tertiary/aromatic N) is 3. The zero-order chi connectivity index (χ0) is 32.6. The van der Waals surface area contributed by atoms with Gasteiger partial charge in [-0.15, -0.1) is 11.8 Å². The molecule has 2 N–H and O–H groups in total. The van der Waals surface area contributed by atoms with E-state index in [1.54, 1.807) is 0 Å². The minimum Gasteiger partial charge on any atom is -0.504 e. The predicted molar refractivity (Wildman–Crippen MR) is 162 cm³/mol. The van der Waals surface area contributed by atoms with Crippen LogP contribution in [0.5, 0.6) is 28.7 Å². The first-order chi connectivity index (χ1) is 21.9. The average molecular weight is 648 g/mol. The summed E-state index contributed by atoms with van der Waals surface area (Å²) in [5.74, 6) is -1.63. The van der Waals surface area contributed by atoms with E-state index in [0.29, 0.717) is 41.4 Å². The average Bonchev–Trinajstić information content (AvgIpc) is 3.67. The number of aromatic hydroxyl groups is 1. The van der Waals surface area contributed by atoms with E-state index in [9.17, 15) is 29.9 Å². The standard InChI is InChI=1S/C33H33N3O9S/c1-12-6-16-22(26(39)27(12)42-5)24-25-31(46-10-20(38)32(40)41)15-7-17(35(25)19(9-34)18-8-33(16,4)36(18)24)23-21(15)28(45-14(3)37)13(2)29-30(23)44-11-43-29/h6,15,17-19,24-25,31,39H,7-8,10-11H2,1-5H3,(H,40,41)/t15?,17-,18-,19-,24-,25?,31+,33?/m0/s1. The van der Waals surface area contributed by atoms with Gasteiger partial charge < -0.3 is 29.2 Å². The SMILES string of the molecule is COc1c(C)cc2c(c1O)[C@H]1C3[C@H](SCC(=O)C(=O)O)C4C[C@@H](c5c6c(c(C)c(OC(C)=O)c54)OCO6)N3[C@@H](C#N)[C@@H]3CC2(C)N13. The Morgan fingerprint density at radius 3 is 2.59 bits per heavy atom. The lowest BCUT2D eigenvalue weighted by Crippen LogP contribution is -2.75. The Kier molecular flexibility index (Phi) is 6.24. The minimum absolute atomic E-state index is 0.00228. The number of esters is 1. The van der Waals surface area contributed by atoms with Gasteiger partial charge in [0.15, 0.2) is 23.0 Å². The number of hydrogen-bond donors (Lipinski definition) is 2. The summed E-state index contributed by atoms with van der Waals surface area (Å²) < 4.78 is 23.5. The number of aliphatic carboxylic acids is 1. The smallest absolute Gasteiger partial charge is 0.373 e. The number of carboxylic acid groups (broad SMARTS) is 1. The van der Waals surface area contributed by atoms with Crippen LogP contribution in [0.3, 0.4) is 0 Å². The second-order valence-corrected chi connectivity index (χ2v) is 14.4. The van der Waals surface area contributed by atoms with Gasteiger partial charge >= 0.3 is 11.9 Å². The lowest BCUT2D eigenvalue weighted by atomic mass is 9.71. The van der Waals surface area contributed by atoms with Crippen molar-refractivity contribution in [1.29, 1.82) is 5.26 Å². The van der Waals surface area contributed by atoms with Crippen molar-refractivity contribution in [3.05, 3.63) is 39.4 Å². The number of aryl methyl sites for hydroxylation is 1. The van der Waals surface area contributed by atoms with Crippen LogP contribution in [-0.2, 0) is 19.9 Å². The van der Waals surface area contributed by atoms with E-state index in [1.165, 1.54) is 25.8 Å². The van der Waals surface area contributed by atoms with Crippen LogP contribution in [-0.4, -0.2) is 80.8 Å². The number of fused-ring (bicyclic) bond motifs is 13. The molecule has 8 atom stereocenters. The van der Waals surface area contributed by atoms with Gasteiger partial charge in [-0.25, -0.2) is 4.79 Å². The fourth-order valence-corrected chi connectivity index (χ4v) is 11.1. The number of nitriles is 1. The Morgan fingerprint density at radius 2 is 1.91 bits per heavy atom. The molecule has 0 radical (unpaired) electrons. The quantitative estimate of drug-likeness (QED) is 0.266. The Balaban J connectivity index is 1.39. The van der Waals surface area contributed by atoms with Crippen molar-refractivity contribution in [3.63, 3.8) is 0 Å². The van der Waals surface area contributed by atoms with Crippen molar-refractivity contribution >= 4 is 29.5 Å². The number of ketones is 1. The van der Waals surface area contributed by atoms with E-state index in [-0.39, 0.29) is 36.3 Å². The summed E-state index contributed by atoms with van der Waals surface area (Å²) in [6.45, 7) is 7.18. The van der Waals surface area contributed by atoms with Crippen molar-refractivity contribution < 1.29 is 43.5 Å². The maximum absolute atomic E-state index is 12.6. The third-order valence-corrected chi connectivity index (χ3v) is 12.5. The van der Waals surface area contributed by atoms with Crippen molar-refractivity contribution in [2.75, 3.05) is 19.7 Å². The third-order valence-electron chi connectivity index (χ3n) is 11.1. The second kappa shape index (κ2) is 9.76. The first kappa shape index (κ1) is 29.4. The fourth-order valence-electron chi connectivity index (χ4n) is 9.63. The van der Waals surface area contributed by atoms with Gasteiger partial charge in [0.1, 0.15) is 11.8 Å². The van der Waals surface area contributed by atoms with Crippen LogP contribution in [0.2, 0.25) is 0 Å². The van der Waals surface area contributed by atoms with Gasteiger partial charge in [-0.2, -0.15) is 5.26 Å². The number of hydrogen-bond acceptors (Lipinski definition) is 12. The molecule has 3 unspecified atom stereocenters. The van der Waals surface area contributed by atoms with Gasteiger partial charge in [0.05, 0.1) is 25.0 Å². The molecule has 3 saturated heterocycles. The van der Waals surface area contributed by atoms with Crippen molar-refractivity contribution in [1.82, 2.24) is 9.80 Å². The molecule has 240 valence electrons. The van der Waals surface area contributed by atoms with Gasteiger partial charge in [0, 0.05) is 64.0 Å². The molecule has 5 heterocycles. The summed E-state index contributed by atoms with van der Waals surface area (Å²) >= 11 is 1.25. The number of methoxy groups -OCH3 is 1. The first-order valence-corrected chi connectivity index (χ1v) is 16.4. The molecule has 0 spiro atoms. The van der Waals surface area contributed by atoms with E-state index >= 15 is 0 Å². The molecule has 12 nitrogen and oxygen atoms in total. The van der Waals surface area contributed by atoms with Crippen molar-refractivity contribution in [2.45, 2.75) is 87.5 Å². The van der Waals surface area contributed by atoms with E-state index in [1.807, 2.05) is 13.8 Å². The Bertz CT molecular complexity index is 1820. The van der Waals surface area contributed by atoms with E-state index in [0.717, 1.165) is 27.8 Å². The van der Waals surface area contributed by atoms with E-state index < -0.39 is 46.6 Å². The van der Waals surface area contributed by atoms with Gasteiger partial charge in [-0.05, 0) is 50.8 Å². The normalized spacial score (nSPS) is 32.4. The van der Waals surface area contributed by atoms with Crippen LogP contribution >= 0.6 is 11.8 Å². The highest BCUT2D eigenvalue weighted by atomic mass is 32.2. The summed E-state index contributed by atoms with van der Waals surface area (Å²) in [5.41, 5.74) is 4.28. The zero-order valence-electron chi connectivity index (χ0n) is 25.9. The Morgan fingerprint density at radius 1 is 1.17 bits per heavy atom. The number of phenols is 1. The number of piperidine rings is 1. The van der Waals surface area contributed by atoms with Crippen LogP contribution in [0.15, 0.2) is 6.07 Å². The number of ether oxygens (including phenoxy) is 4. The molecule has 46 heavy (non-hydrogen) atoms. The van der Waals surface area contributed by atoms with E-state index in [2.05, 4.69) is 28.9 Å². The molecular formula is C33H33N3O9S. The molecule has 2 aromatic carbocycles. The van der Waals surface area contributed by atoms with Crippen LogP contribution in [0, 0.1) is 25.2 Å². The van der Waals surface area contributed by atoms with Crippen LogP contribution < -0.4 is 18.9 Å². The molecule has 5 aliphatic heterocycles. The fraction of sp³-hybridized carbons (Fsp3) is 0.515.